The molecule has 2 N–H and O–H groups in total. The van der Waals surface area contributed by atoms with Crippen molar-refractivity contribution in [3.63, 3.8) is 0 Å². The molecule has 3 rings (SSSR count). The van der Waals surface area contributed by atoms with Crippen molar-refractivity contribution in [2.75, 3.05) is 5.32 Å². The van der Waals surface area contributed by atoms with Crippen LogP contribution in [-0.2, 0) is 4.79 Å². The van der Waals surface area contributed by atoms with Gasteiger partial charge in [0.05, 0.1) is 23.8 Å². The first kappa shape index (κ1) is 16.4. The van der Waals surface area contributed by atoms with Crippen molar-refractivity contribution in [3.05, 3.63) is 72.6 Å². The van der Waals surface area contributed by atoms with Gasteiger partial charge >= 0.3 is 0 Å². The Morgan fingerprint density at radius 2 is 1.76 bits per heavy atom. The van der Waals surface area contributed by atoms with Crippen molar-refractivity contribution in [3.8, 4) is 5.69 Å². The summed E-state index contributed by atoms with van der Waals surface area (Å²) in [6.07, 6.45) is 3.24. The SMILES string of the molecule is CC(NC(=O)c1ccccc1)C(=O)Nc1ccccc1-n1ccnn1. The predicted octanol–water partition coefficient (Wildman–Crippen LogP) is 2.02. The molecule has 1 aromatic heterocycles. The fraction of sp³-hybridized carbons (Fsp3) is 0.111. The van der Waals surface area contributed by atoms with Crippen LogP contribution < -0.4 is 10.6 Å². The van der Waals surface area contributed by atoms with Gasteiger partial charge in [-0.3, -0.25) is 9.59 Å². The maximum atomic E-state index is 12.4. The molecule has 0 fully saturated rings. The van der Waals surface area contributed by atoms with Gasteiger partial charge in [0, 0.05) is 5.56 Å². The molecule has 25 heavy (non-hydrogen) atoms. The van der Waals surface area contributed by atoms with Crippen molar-refractivity contribution in [2.24, 2.45) is 0 Å². The van der Waals surface area contributed by atoms with E-state index in [1.165, 1.54) is 0 Å². The zero-order chi connectivity index (χ0) is 17.6. The highest BCUT2D eigenvalue weighted by Gasteiger charge is 2.18. The number of benzene rings is 2. The number of carbonyl (C=O) groups excluding carboxylic acids is 2. The molecule has 0 saturated carbocycles. The predicted molar refractivity (Wildman–Crippen MR) is 93.4 cm³/mol. The van der Waals surface area contributed by atoms with Crippen LogP contribution in [0.3, 0.4) is 0 Å². The minimum atomic E-state index is -0.698. The fourth-order valence-electron chi connectivity index (χ4n) is 2.29. The lowest BCUT2D eigenvalue weighted by Gasteiger charge is -2.16. The lowest BCUT2D eigenvalue weighted by atomic mass is 10.2. The third kappa shape index (κ3) is 3.89. The number of amides is 2. The molecule has 0 aliphatic carbocycles. The van der Waals surface area contributed by atoms with Crippen molar-refractivity contribution < 1.29 is 9.59 Å². The van der Waals surface area contributed by atoms with Gasteiger partial charge in [0.25, 0.3) is 5.91 Å². The minimum Gasteiger partial charge on any atom is -0.341 e. The van der Waals surface area contributed by atoms with E-state index in [0.717, 1.165) is 0 Å². The number of aromatic nitrogens is 3. The maximum Gasteiger partial charge on any atom is 0.251 e. The van der Waals surface area contributed by atoms with E-state index in [1.807, 2.05) is 24.3 Å². The molecule has 1 unspecified atom stereocenters. The molecule has 0 aliphatic rings. The van der Waals surface area contributed by atoms with E-state index in [1.54, 1.807) is 54.3 Å². The van der Waals surface area contributed by atoms with Crippen molar-refractivity contribution in [2.45, 2.75) is 13.0 Å². The van der Waals surface area contributed by atoms with Gasteiger partial charge in [-0.05, 0) is 31.2 Å². The van der Waals surface area contributed by atoms with Crippen molar-refractivity contribution >= 4 is 17.5 Å². The molecule has 2 aromatic carbocycles. The quantitative estimate of drug-likeness (QED) is 0.746. The third-order valence-electron chi connectivity index (χ3n) is 3.61. The van der Waals surface area contributed by atoms with Crippen LogP contribution in [0.1, 0.15) is 17.3 Å². The molecular weight excluding hydrogens is 318 g/mol. The Bertz CT molecular complexity index is 862. The van der Waals surface area contributed by atoms with Gasteiger partial charge < -0.3 is 10.6 Å². The second-order valence-electron chi connectivity index (χ2n) is 5.42. The summed E-state index contributed by atoms with van der Waals surface area (Å²) in [5, 5.41) is 13.2. The molecule has 1 atom stereocenters. The molecule has 1 heterocycles. The summed E-state index contributed by atoms with van der Waals surface area (Å²) in [4.78, 5) is 24.6. The van der Waals surface area contributed by atoms with Crippen LogP contribution in [0.5, 0.6) is 0 Å². The van der Waals surface area contributed by atoms with Crippen LogP contribution in [0, 0.1) is 0 Å². The second kappa shape index (κ2) is 7.39. The summed E-state index contributed by atoms with van der Waals surface area (Å²) >= 11 is 0. The first-order valence-corrected chi connectivity index (χ1v) is 7.77. The molecular formula is C18H17N5O2. The molecule has 0 bridgehead atoms. The monoisotopic (exact) mass is 335 g/mol. The van der Waals surface area contributed by atoms with Crippen LogP contribution in [0.2, 0.25) is 0 Å². The van der Waals surface area contributed by atoms with Crippen molar-refractivity contribution in [1.29, 1.82) is 0 Å². The number of rotatable bonds is 5. The van der Waals surface area contributed by atoms with Gasteiger partial charge in [-0.25, -0.2) is 4.68 Å². The highest BCUT2D eigenvalue weighted by Crippen LogP contribution is 2.18. The number of para-hydroxylation sites is 2. The number of nitrogens with zero attached hydrogens (tertiary/aromatic N) is 3. The summed E-state index contributed by atoms with van der Waals surface area (Å²) in [5.74, 6) is -0.621. The standard InChI is InChI=1S/C18H17N5O2/c1-13(20-18(25)14-7-3-2-4-8-14)17(24)21-15-9-5-6-10-16(15)23-12-11-19-22-23/h2-13H,1H3,(H,20,25)(H,21,24). The number of carbonyl (C=O) groups is 2. The average Bonchev–Trinajstić information content (AvgIpc) is 3.17. The Labute approximate surface area is 144 Å². The highest BCUT2D eigenvalue weighted by atomic mass is 16.2. The van der Waals surface area contributed by atoms with Gasteiger partial charge in [-0.15, -0.1) is 5.10 Å². The van der Waals surface area contributed by atoms with E-state index in [9.17, 15) is 9.59 Å². The number of hydrogen-bond acceptors (Lipinski definition) is 4. The topological polar surface area (TPSA) is 88.9 Å². The lowest BCUT2D eigenvalue weighted by molar-refractivity contribution is -0.117. The van der Waals surface area contributed by atoms with Crippen LogP contribution in [0.25, 0.3) is 5.69 Å². The Morgan fingerprint density at radius 1 is 1.04 bits per heavy atom. The summed E-state index contributed by atoms with van der Waals surface area (Å²) < 4.78 is 1.56. The van der Waals surface area contributed by atoms with Crippen molar-refractivity contribution in [1.82, 2.24) is 20.3 Å². The molecule has 7 nitrogen and oxygen atoms in total. The minimum absolute atomic E-state index is 0.298. The van der Waals surface area contributed by atoms with Crippen LogP contribution in [0.15, 0.2) is 67.0 Å². The van der Waals surface area contributed by atoms with Crippen LogP contribution >= 0.6 is 0 Å². The molecule has 0 aliphatic heterocycles. The zero-order valence-electron chi connectivity index (χ0n) is 13.6. The van der Waals surface area contributed by atoms with E-state index >= 15 is 0 Å². The Balaban J connectivity index is 1.69. The Kier molecular flexibility index (Phi) is 4.84. The number of anilines is 1. The summed E-state index contributed by atoms with van der Waals surface area (Å²) in [5.41, 5.74) is 1.78. The van der Waals surface area contributed by atoms with Gasteiger partial charge in [-0.2, -0.15) is 0 Å². The van der Waals surface area contributed by atoms with Crippen LogP contribution in [-0.4, -0.2) is 32.9 Å². The molecule has 0 radical (unpaired) electrons. The Morgan fingerprint density at radius 3 is 2.48 bits per heavy atom. The lowest BCUT2D eigenvalue weighted by Crippen LogP contribution is -2.41. The molecule has 0 saturated heterocycles. The van der Waals surface area contributed by atoms with E-state index in [0.29, 0.717) is 16.9 Å². The number of nitrogens with one attached hydrogen (secondary N) is 2. The summed E-state index contributed by atoms with van der Waals surface area (Å²) in [6, 6.07) is 15.3. The molecule has 3 aromatic rings. The van der Waals surface area contributed by atoms with Gasteiger partial charge in [0.1, 0.15) is 6.04 Å². The second-order valence-corrected chi connectivity index (χ2v) is 5.42. The zero-order valence-corrected chi connectivity index (χ0v) is 13.6. The summed E-state index contributed by atoms with van der Waals surface area (Å²) in [6.45, 7) is 1.63. The molecule has 126 valence electrons. The first-order valence-electron chi connectivity index (χ1n) is 7.77. The van der Waals surface area contributed by atoms with Gasteiger partial charge in [0.2, 0.25) is 5.91 Å². The molecule has 2 amide bonds. The molecule has 0 spiro atoms. The smallest absolute Gasteiger partial charge is 0.251 e. The van der Waals surface area contributed by atoms with E-state index in [-0.39, 0.29) is 11.8 Å². The highest BCUT2D eigenvalue weighted by molar-refractivity contribution is 6.01. The Hall–Kier alpha value is -3.48. The third-order valence-corrected chi connectivity index (χ3v) is 3.61. The van der Waals surface area contributed by atoms with E-state index in [2.05, 4.69) is 20.9 Å². The van der Waals surface area contributed by atoms with Crippen LogP contribution in [0.4, 0.5) is 5.69 Å². The maximum absolute atomic E-state index is 12.4. The largest absolute Gasteiger partial charge is 0.341 e. The summed E-state index contributed by atoms with van der Waals surface area (Å²) in [7, 11) is 0. The van der Waals surface area contributed by atoms with E-state index in [4.69, 9.17) is 0 Å². The average molecular weight is 335 g/mol. The van der Waals surface area contributed by atoms with E-state index < -0.39 is 6.04 Å². The fourth-order valence-corrected chi connectivity index (χ4v) is 2.29. The first-order chi connectivity index (χ1) is 12.1. The number of hydrogen-bond donors (Lipinski definition) is 2. The normalized spacial score (nSPS) is 11.6. The van der Waals surface area contributed by atoms with Gasteiger partial charge in [-0.1, -0.05) is 35.5 Å². The molecule has 7 heteroatoms. The van der Waals surface area contributed by atoms with Gasteiger partial charge in [0.15, 0.2) is 0 Å².